The van der Waals surface area contributed by atoms with Gasteiger partial charge in [-0.25, -0.2) is 4.98 Å². The summed E-state index contributed by atoms with van der Waals surface area (Å²) in [4.78, 5) is 16.7. The molecule has 0 saturated carbocycles. The second-order valence-electron chi connectivity index (χ2n) is 6.68. The quantitative estimate of drug-likeness (QED) is 0.738. The van der Waals surface area contributed by atoms with Crippen molar-refractivity contribution >= 4 is 17.4 Å². The van der Waals surface area contributed by atoms with Crippen LogP contribution in [-0.4, -0.2) is 23.5 Å². The second kappa shape index (κ2) is 9.06. The SMILES string of the molecule is CC(C)CCNc1cc(C(=O)Nc2ccc(OC(C)C)cc2)ccn1. The fraction of sp³-hybridized carbons (Fsp3) is 0.400. The molecule has 1 amide bonds. The molecule has 5 nitrogen and oxygen atoms in total. The summed E-state index contributed by atoms with van der Waals surface area (Å²) in [5.41, 5.74) is 1.30. The van der Waals surface area contributed by atoms with Gasteiger partial charge < -0.3 is 15.4 Å². The molecule has 0 fully saturated rings. The zero-order valence-electron chi connectivity index (χ0n) is 15.4. The van der Waals surface area contributed by atoms with E-state index in [1.165, 1.54) is 0 Å². The predicted octanol–water partition coefficient (Wildman–Crippen LogP) is 4.58. The van der Waals surface area contributed by atoms with Gasteiger partial charge in [0.25, 0.3) is 5.91 Å². The van der Waals surface area contributed by atoms with Crippen LogP contribution >= 0.6 is 0 Å². The third-order valence-corrected chi connectivity index (χ3v) is 3.53. The number of nitrogens with zero attached hydrogens (tertiary/aromatic N) is 1. The van der Waals surface area contributed by atoms with E-state index < -0.39 is 0 Å². The Hall–Kier alpha value is -2.56. The molecule has 1 aromatic carbocycles. The first-order chi connectivity index (χ1) is 11.9. The molecule has 0 saturated heterocycles. The minimum atomic E-state index is -0.160. The van der Waals surface area contributed by atoms with Gasteiger partial charge in [-0.3, -0.25) is 4.79 Å². The molecule has 25 heavy (non-hydrogen) atoms. The molecule has 1 heterocycles. The molecule has 0 spiro atoms. The minimum absolute atomic E-state index is 0.124. The predicted molar refractivity (Wildman–Crippen MR) is 102 cm³/mol. The number of nitrogens with one attached hydrogen (secondary N) is 2. The molecule has 0 unspecified atom stereocenters. The van der Waals surface area contributed by atoms with Gasteiger partial charge in [0.15, 0.2) is 0 Å². The molecule has 1 aromatic heterocycles. The van der Waals surface area contributed by atoms with Gasteiger partial charge in [-0.1, -0.05) is 13.8 Å². The summed E-state index contributed by atoms with van der Waals surface area (Å²) in [5.74, 6) is 1.97. The highest BCUT2D eigenvalue weighted by Crippen LogP contribution is 2.18. The second-order valence-corrected chi connectivity index (χ2v) is 6.68. The first kappa shape index (κ1) is 18.8. The summed E-state index contributed by atoms with van der Waals surface area (Å²) in [6.45, 7) is 9.15. The van der Waals surface area contributed by atoms with Gasteiger partial charge in [-0.15, -0.1) is 0 Å². The van der Waals surface area contributed by atoms with E-state index in [1.807, 2.05) is 38.1 Å². The lowest BCUT2D eigenvalue weighted by Gasteiger charge is -2.11. The Balaban J connectivity index is 1.96. The number of rotatable bonds is 8. The smallest absolute Gasteiger partial charge is 0.255 e. The number of anilines is 2. The Kier molecular flexibility index (Phi) is 6.81. The molecule has 134 valence electrons. The van der Waals surface area contributed by atoms with Crippen LogP contribution in [0.25, 0.3) is 0 Å². The number of benzene rings is 1. The molecule has 0 atom stereocenters. The molecule has 0 radical (unpaired) electrons. The number of aromatic nitrogens is 1. The van der Waals surface area contributed by atoms with Crippen LogP contribution < -0.4 is 15.4 Å². The number of pyridine rings is 1. The Morgan fingerprint density at radius 3 is 2.48 bits per heavy atom. The summed E-state index contributed by atoms with van der Waals surface area (Å²) in [6.07, 6.45) is 2.83. The van der Waals surface area contributed by atoms with E-state index in [4.69, 9.17) is 4.74 Å². The number of amides is 1. The van der Waals surface area contributed by atoms with Crippen molar-refractivity contribution in [1.82, 2.24) is 4.98 Å². The van der Waals surface area contributed by atoms with Crippen LogP contribution in [0.2, 0.25) is 0 Å². The highest BCUT2D eigenvalue weighted by atomic mass is 16.5. The standard InChI is InChI=1S/C20H27N3O2/c1-14(2)9-11-21-19-13-16(10-12-22-19)20(24)23-17-5-7-18(8-6-17)25-15(3)4/h5-8,10,12-15H,9,11H2,1-4H3,(H,21,22)(H,23,24). The maximum Gasteiger partial charge on any atom is 0.255 e. The summed E-state index contributed by atoms with van der Waals surface area (Å²) in [5, 5.41) is 6.14. The lowest BCUT2D eigenvalue weighted by Crippen LogP contribution is -2.13. The van der Waals surface area contributed by atoms with Crippen molar-refractivity contribution in [3.05, 3.63) is 48.2 Å². The Labute approximate surface area is 149 Å². The molecule has 2 rings (SSSR count). The summed E-state index contributed by atoms with van der Waals surface area (Å²) in [7, 11) is 0. The molecular formula is C20H27N3O2. The number of carbonyl (C=O) groups is 1. The molecule has 0 aliphatic carbocycles. The average molecular weight is 341 g/mol. The minimum Gasteiger partial charge on any atom is -0.491 e. The number of carbonyl (C=O) groups excluding carboxylic acids is 1. The van der Waals surface area contributed by atoms with Gasteiger partial charge in [0, 0.05) is 24.0 Å². The zero-order chi connectivity index (χ0) is 18.2. The molecule has 0 aliphatic rings. The lowest BCUT2D eigenvalue weighted by atomic mass is 10.1. The lowest BCUT2D eigenvalue weighted by molar-refractivity contribution is 0.102. The van der Waals surface area contributed by atoms with E-state index in [0.29, 0.717) is 17.3 Å². The zero-order valence-corrected chi connectivity index (χ0v) is 15.4. The third kappa shape index (κ3) is 6.45. The summed E-state index contributed by atoms with van der Waals surface area (Å²) < 4.78 is 5.60. The highest BCUT2D eigenvalue weighted by Gasteiger charge is 2.08. The highest BCUT2D eigenvalue weighted by molar-refractivity contribution is 6.04. The van der Waals surface area contributed by atoms with Crippen molar-refractivity contribution in [3.8, 4) is 5.75 Å². The van der Waals surface area contributed by atoms with Gasteiger partial charge in [-0.2, -0.15) is 0 Å². The van der Waals surface area contributed by atoms with E-state index in [0.717, 1.165) is 24.4 Å². The first-order valence-corrected chi connectivity index (χ1v) is 8.72. The van der Waals surface area contributed by atoms with Gasteiger partial charge in [0.1, 0.15) is 11.6 Å². The summed E-state index contributed by atoms with van der Waals surface area (Å²) in [6, 6.07) is 10.8. The van der Waals surface area contributed by atoms with Gasteiger partial charge in [0.2, 0.25) is 0 Å². The van der Waals surface area contributed by atoms with E-state index in [2.05, 4.69) is 29.5 Å². The van der Waals surface area contributed by atoms with Gasteiger partial charge in [0.05, 0.1) is 6.10 Å². The van der Waals surface area contributed by atoms with E-state index in [1.54, 1.807) is 18.3 Å². The Morgan fingerprint density at radius 1 is 1.12 bits per heavy atom. The van der Waals surface area contributed by atoms with Crippen molar-refractivity contribution in [2.24, 2.45) is 5.92 Å². The first-order valence-electron chi connectivity index (χ1n) is 8.72. The van der Waals surface area contributed by atoms with Crippen LogP contribution in [0.15, 0.2) is 42.6 Å². The number of hydrogen-bond donors (Lipinski definition) is 2. The number of hydrogen-bond acceptors (Lipinski definition) is 4. The van der Waals surface area contributed by atoms with E-state index in [-0.39, 0.29) is 12.0 Å². The number of ether oxygens (including phenoxy) is 1. The largest absolute Gasteiger partial charge is 0.491 e. The van der Waals surface area contributed by atoms with Crippen molar-refractivity contribution in [1.29, 1.82) is 0 Å². The van der Waals surface area contributed by atoms with Gasteiger partial charge >= 0.3 is 0 Å². The van der Waals surface area contributed by atoms with Crippen LogP contribution in [0.1, 0.15) is 44.5 Å². The summed E-state index contributed by atoms with van der Waals surface area (Å²) >= 11 is 0. The molecule has 5 heteroatoms. The van der Waals surface area contributed by atoms with E-state index in [9.17, 15) is 4.79 Å². The molecule has 0 bridgehead atoms. The van der Waals surface area contributed by atoms with Crippen molar-refractivity contribution in [2.45, 2.75) is 40.2 Å². The Morgan fingerprint density at radius 2 is 1.84 bits per heavy atom. The van der Waals surface area contributed by atoms with Crippen LogP contribution in [0.3, 0.4) is 0 Å². The fourth-order valence-corrected chi connectivity index (χ4v) is 2.25. The Bertz CT molecular complexity index is 682. The molecule has 0 aliphatic heterocycles. The fourth-order valence-electron chi connectivity index (χ4n) is 2.25. The maximum absolute atomic E-state index is 12.4. The van der Waals surface area contributed by atoms with Crippen LogP contribution in [0, 0.1) is 5.92 Å². The van der Waals surface area contributed by atoms with Crippen LogP contribution in [-0.2, 0) is 0 Å². The topological polar surface area (TPSA) is 63.2 Å². The molecule has 2 aromatic rings. The average Bonchev–Trinajstić information content (AvgIpc) is 2.56. The third-order valence-electron chi connectivity index (χ3n) is 3.53. The molecular weight excluding hydrogens is 314 g/mol. The van der Waals surface area contributed by atoms with E-state index >= 15 is 0 Å². The van der Waals surface area contributed by atoms with Gasteiger partial charge in [-0.05, 0) is 62.6 Å². The van der Waals surface area contributed by atoms with Crippen molar-refractivity contribution in [3.63, 3.8) is 0 Å². The van der Waals surface area contributed by atoms with Crippen molar-refractivity contribution in [2.75, 3.05) is 17.2 Å². The normalized spacial score (nSPS) is 10.8. The van der Waals surface area contributed by atoms with Crippen LogP contribution in [0.4, 0.5) is 11.5 Å². The monoisotopic (exact) mass is 341 g/mol. The maximum atomic E-state index is 12.4. The van der Waals surface area contributed by atoms with Crippen LogP contribution in [0.5, 0.6) is 5.75 Å². The van der Waals surface area contributed by atoms with Crippen molar-refractivity contribution < 1.29 is 9.53 Å². The molecule has 2 N–H and O–H groups in total.